The molecule has 154 valence electrons. The Balaban J connectivity index is 1.82. The molecule has 10 heteroatoms. The van der Waals surface area contributed by atoms with E-state index in [0.717, 1.165) is 11.6 Å². The molecule has 0 radical (unpaired) electrons. The summed E-state index contributed by atoms with van der Waals surface area (Å²) in [6.45, 7) is -0.0553. The van der Waals surface area contributed by atoms with E-state index in [1.54, 1.807) is 6.07 Å². The Kier molecular flexibility index (Phi) is 5.32. The van der Waals surface area contributed by atoms with E-state index in [1.807, 2.05) is 30.3 Å². The second-order valence-corrected chi connectivity index (χ2v) is 6.49. The maximum Gasteiger partial charge on any atom is 0.416 e. The number of aromatic nitrogens is 5. The van der Waals surface area contributed by atoms with Crippen LogP contribution < -0.4 is 5.32 Å². The highest BCUT2D eigenvalue weighted by Gasteiger charge is 2.33. The number of nitrogens with one attached hydrogen (secondary N) is 1. The lowest BCUT2D eigenvalue weighted by atomic mass is 10.1. The summed E-state index contributed by atoms with van der Waals surface area (Å²) in [4.78, 5) is 8.96. The molecule has 4 rings (SSSR count). The van der Waals surface area contributed by atoms with Crippen LogP contribution in [-0.2, 0) is 12.7 Å². The SMILES string of the molecule is OCCNc1nc(-c2ccccc2)nc2c1nnn2Cc1ccccc1C(F)(F)F. The van der Waals surface area contributed by atoms with Gasteiger partial charge in [-0.15, -0.1) is 5.10 Å². The van der Waals surface area contributed by atoms with Gasteiger partial charge in [-0.2, -0.15) is 13.2 Å². The van der Waals surface area contributed by atoms with Crippen molar-refractivity contribution >= 4 is 17.0 Å². The molecule has 2 N–H and O–H groups in total. The third-order valence-electron chi connectivity index (χ3n) is 4.44. The van der Waals surface area contributed by atoms with E-state index < -0.39 is 11.7 Å². The average Bonchev–Trinajstić information content (AvgIpc) is 3.15. The predicted octanol–water partition coefficient (Wildman–Crippen LogP) is 3.36. The fourth-order valence-corrected chi connectivity index (χ4v) is 3.07. The summed E-state index contributed by atoms with van der Waals surface area (Å²) in [6.07, 6.45) is -4.48. The lowest BCUT2D eigenvalue weighted by Gasteiger charge is -2.13. The van der Waals surface area contributed by atoms with Crippen molar-refractivity contribution in [3.05, 3.63) is 65.7 Å². The standard InChI is InChI=1S/C20H17F3N6O/c21-20(22,23)15-9-5-4-8-14(15)12-29-19-16(27-28-29)18(24-10-11-30)25-17(26-19)13-6-2-1-3-7-13/h1-9,30H,10-12H2,(H,24,25,26). The van der Waals surface area contributed by atoms with Crippen LogP contribution in [0.15, 0.2) is 54.6 Å². The summed E-state index contributed by atoms with van der Waals surface area (Å²) in [7, 11) is 0. The Morgan fingerprint density at radius 1 is 0.967 bits per heavy atom. The molecule has 0 spiro atoms. The largest absolute Gasteiger partial charge is 0.416 e. The zero-order valence-corrected chi connectivity index (χ0v) is 15.6. The molecule has 4 aromatic rings. The lowest BCUT2D eigenvalue weighted by molar-refractivity contribution is -0.138. The number of alkyl halides is 3. The van der Waals surface area contributed by atoms with Crippen molar-refractivity contribution in [2.24, 2.45) is 0 Å². The maximum atomic E-state index is 13.4. The fourth-order valence-electron chi connectivity index (χ4n) is 3.07. The van der Waals surface area contributed by atoms with Gasteiger partial charge in [0.05, 0.1) is 18.7 Å². The van der Waals surface area contributed by atoms with Crippen LogP contribution in [0, 0.1) is 0 Å². The van der Waals surface area contributed by atoms with Crippen LogP contribution in [0.4, 0.5) is 19.0 Å². The average molecular weight is 414 g/mol. The number of nitrogens with zero attached hydrogens (tertiary/aromatic N) is 5. The fraction of sp³-hybridized carbons (Fsp3) is 0.200. The van der Waals surface area contributed by atoms with Gasteiger partial charge in [-0.1, -0.05) is 53.7 Å². The molecule has 0 aliphatic heterocycles. The summed E-state index contributed by atoms with van der Waals surface area (Å²) < 4.78 is 41.4. The van der Waals surface area contributed by atoms with Crippen molar-refractivity contribution < 1.29 is 18.3 Å². The molecule has 0 saturated carbocycles. The first-order valence-electron chi connectivity index (χ1n) is 9.14. The van der Waals surface area contributed by atoms with Gasteiger partial charge in [0.25, 0.3) is 0 Å². The molecule has 0 bridgehead atoms. The number of aliphatic hydroxyl groups excluding tert-OH is 1. The molecule has 0 atom stereocenters. The van der Waals surface area contributed by atoms with Crippen molar-refractivity contribution in [2.45, 2.75) is 12.7 Å². The highest BCUT2D eigenvalue weighted by Crippen LogP contribution is 2.32. The summed E-state index contributed by atoms with van der Waals surface area (Å²) in [5, 5.41) is 20.2. The van der Waals surface area contributed by atoms with Crippen molar-refractivity contribution in [3.8, 4) is 11.4 Å². The number of fused-ring (bicyclic) bond motifs is 1. The maximum absolute atomic E-state index is 13.4. The van der Waals surface area contributed by atoms with E-state index in [-0.39, 0.29) is 25.3 Å². The van der Waals surface area contributed by atoms with Gasteiger partial charge < -0.3 is 10.4 Å². The van der Waals surface area contributed by atoms with E-state index in [0.29, 0.717) is 22.8 Å². The second kappa shape index (κ2) is 8.07. The van der Waals surface area contributed by atoms with Crippen LogP contribution in [0.5, 0.6) is 0 Å². The smallest absolute Gasteiger partial charge is 0.395 e. The molecule has 2 heterocycles. The topological polar surface area (TPSA) is 88.8 Å². The van der Waals surface area contributed by atoms with E-state index in [9.17, 15) is 13.2 Å². The first-order valence-corrected chi connectivity index (χ1v) is 9.14. The Bertz CT molecular complexity index is 1160. The molecule has 30 heavy (non-hydrogen) atoms. The minimum absolute atomic E-state index is 0.0570. The number of aliphatic hydroxyl groups is 1. The van der Waals surface area contributed by atoms with E-state index in [2.05, 4.69) is 25.6 Å². The second-order valence-electron chi connectivity index (χ2n) is 6.49. The van der Waals surface area contributed by atoms with Crippen LogP contribution in [0.3, 0.4) is 0 Å². The third-order valence-corrected chi connectivity index (χ3v) is 4.44. The minimum atomic E-state index is -4.48. The Morgan fingerprint density at radius 2 is 1.70 bits per heavy atom. The van der Waals surface area contributed by atoms with Gasteiger partial charge >= 0.3 is 6.18 Å². The summed E-state index contributed by atoms with van der Waals surface area (Å²) >= 11 is 0. The van der Waals surface area contributed by atoms with Crippen LogP contribution in [0.1, 0.15) is 11.1 Å². The normalized spacial score (nSPS) is 11.7. The number of hydrogen-bond donors (Lipinski definition) is 2. The van der Waals surface area contributed by atoms with Gasteiger partial charge in [-0.25, -0.2) is 14.6 Å². The Labute approximate surface area is 169 Å². The van der Waals surface area contributed by atoms with Gasteiger partial charge in [-0.05, 0) is 11.6 Å². The van der Waals surface area contributed by atoms with E-state index in [1.165, 1.54) is 16.8 Å². The van der Waals surface area contributed by atoms with Gasteiger partial charge in [-0.3, -0.25) is 0 Å². The minimum Gasteiger partial charge on any atom is -0.395 e. The number of halogens is 3. The van der Waals surface area contributed by atoms with Crippen LogP contribution >= 0.6 is 0 Å². The molecular weight excluding hydrogens is 397 g/mol. The summed E-state index contributed by atoms with van der Waals surface area (Å²) in [5.74, 6) is 0.722. The quantitative estimate of drug-likeness (QED) is 0.503. The molecule has 0 amide bonds. The van der Waals surface area contributed by atoms with Crippen LogP contribution in [0.25, 0.3) is 22.6 Å². The Morgan fingerprint density at radius 3 is 2.43 bits per heavy atom. The summed E-state index contributed by atoms with van der Waals surface area (Å²) in [6, 6.07) is 14.5. The number of anilines is 1. The molecule has 0 aliphatic rings. The van der Waals surface area contributed by atoms with Crippen LogP contribution in [-0.4, -0.2) is 43.2 Å². The number of rotatable bonds is 6. The van der Waals surface area contributed by atoms with Crippen molar-refractivity contribution in [1.29, 1.82) is 0 Å². The Hall–Kier alpha value is -3.53. The molecule has 0 saturated heterocycles. The highest BCUT2D eigenvalue weighted by molar-refractivity contribution is 5.84. The van der Waals surface area contributed by atoms with Gasteiger partial charge in [0.1, 0.15) is 0 Å². The van der Waals surface area contributed by atoms with E-state index in [4.69, 9.17) is 5.11 Å². The zero-order chi connectivity index (χ0) is 21.1. The van der Waals surface area contributed by atoms with Crippen LogP contribution in [0.2, 0.25) is 0 Å². The van der Waals surface area contributed by atoms with Crippen molar-refractivity contribution in [3.63, 3.8) is 0 Å². The predicted molar refractivity (Wildman–Crippen MR) is 105 cm³/mol. The monoisotopic (exact) mass is 414 g/mol. The third kappa shape index (κ3) is 3.94. The molecule has 2 aromatic heterocycles. The first kappa shape index (κ1) is 19.8. The van der Waals surface area contributed by atoms with E-state index >= 15 is 0 Å². The molecule has 0 fully saturated rings. The van der Waals surface area contributed by atoms with Gasteiger partial charge in [0, 0.05) is 12.1 Å². The molecule has 7 nitrogen and oxygen atoms in total. The highest BCUT2D eigenvalue weighted by atomic mass is 19.4. The molecule has 0 aliphatic carbocycles. The lowest BCUT2D eigenvalue weighted by Crippen LogP contribution is -2.13. The first-order chi connectivity index (χ1) is 14.5. The van der Waals surface area contributed by atoms with Gasteiger partial charge in [0.15, 0.2) is 22.8 Å². The van der Waals surface area contributed by atoms with Gasteiger partial charge in [0.2, 0.25) is 0 Å². The van der Waals surface area contributed by atoms with Crippen molar-refractivity contribution in [2.75, 3.05) is 18.5 Å². The zero-order valence-electron chi connectivity index (χ0n) is 15.6. The molecular formula is C20H17F3N6O. The molecule has 2 aromatic carbocycles. The number of hydrogen-bond acceptors (Lipinski definition) is 6. The number of benzene rings is 2. The summed E-state index contributed by atoms with van der Waals surface area (Å²) in [5.41, 5.74) is 0.662. The van der Waals surface area contributed by atoms with Crippen molar-refractivity contribution in [1.82, 2.24) is 25.0 Å². The molecule has 0 unspecified atom stereocenters.